The lowest BCUT2D eigenvalue weighted by Crippen LogP contribution is -2.35. The van der Waals surface area contributed by atoms with E-state index in [2.05, 4.69) is 22.0 Å². The minimum absolute atomic E-state index is 0.110. The Morgan fingerprint density at radius 3 is 2.95 bits per heavy atom. The Morgan fingerprint density at radius 2 is 2.23 bits per heavy atom. The molecule has 0 saturated carbocycles. The number of hydrogen-bond acceptors (Lipinski definition) is 2. The average molecular weight is 294 g/mol. The van der Waals surface area contributed by atoms with E-state index in [1.54, 1.807) is 24.3 Å². The van der Waals surface area contributed by atoms with Gasteiger partial charge in [0.25, 0.3) is 0 Å². The second-order valence-electron chi connectivity index (χ2n) is 5.52. The van der Waals surface area contributed by atoms with E-state index < -0.39 is 0 Å². The van der Waals surface area contributed by atoms with E-state index in [1.165, 1.54) is 0 Å². The Kier molecular flexibility index (Phi) is 3.84. The predicted molar refractivity (Wildman–Crippen MR) is 84.3 cm³/mol. The lowest BCUT2D eigenvalue weighted by atomic mass is 10.1. The Morgan fingerprint density at radius 1 is 1.36 bits per heavy atom. The smallest absolute Gasteiger partial charge is 0.322 e. The fourth-order valence-corrected chi connectivity index (χ4v) is 3.00. The quantitative estimate of drug-likeness (QED) is 0.924. The molecule has 0 unspecified atom stereocenters. The molecule has 1 N–H and O–H groups in total. The summed E-state index contributed by atoms with van der Waals surface area (Å²) in [6, 6.07) is 13.1. The number of anilines is 1. The molecule has 2 aromatic rings. The number of nitrogens with zero attached hydrogens (tertiary/aromatic N) is 3. The SMILES string of the molecule is Cn1cccc1[C@H]1CCCN1C(=O)Nc1cccc(C#N)c1. The Labute approximate surface area is 129 Å². The van der Waals surface area contributed by atoms with E-state index in [0.29, 0.717) is 11.3 Å². The van der Waals surface area contributed by atoms with Gasteiger partial charge in [0.2, 0.25) is 0 Å². The summed E-state index contributed by atoms with van der Waals surface area (Å²) in [6.07, 6.45) is 3.98. The fourth-order valence-electron chi connectivity index (χ4n) is 3.00. The molecule has 1 aliphatic heterocycles. The van der Waals surface area contributed by atoms with Gasteiger partial charge in [-0.2, -0.15) is 5.26 Å². The molecule has 0 aliphatic carbocycles. The Balaban J connectivity index is 1.76. The molecule has 5 heteroatoms. The van der Waals surface area contributed by atoms with Crippen LogP contribution >= 0.6 is 0 Å². The zero-order chi connectivity index (χ0) is 15.5. The first-order valence-electron chi connectivity index (χ1n) is 7.38. The minimum Gasteiger partial charge on any atom is -0.353 e. The zero-order valence-corrected chi connectivity index (χ0v) is 12.5. The highest BCUT2D eigenvalue weighted by atomic mass is 16.2. The maximum absolute atomic E-state index is 12.6. The van der Waals surface area contributed by atoms with Gasteiger partial charge in [0.1, 0.15) is 0 Å². The molecule has 0 spiro atoms. The van der Waals surface area contributed by atoms with Crippen molar-refractivity contribution in [3.05, 3.63) is 53.9 Å². The van der Waals surface area contributed by atoms with Crippen molar-refractivity contribution < 1.29 is 4.79 Å². The van der Waals surface area contributed by atoms with E-state index in [1.807, 2.05) is 24.2 Å². The molecule has 0 radical (unpaired) electrons. The highest BCUT2D eigenvalue weighted by molar-refractivity contribution is 5.90. The van der Waals surface area contributed by atoms with Gasteiger partial charge in [-0.3, -0.25) is 0 Å². The third kappa shape index (κ3) is 2.68. The first-order chi connectivity index (χ1) is 10.7. The van der Waals surface area contributed by atoms with E-state index in [0.717, 1.165) is 25.1 Å². The standard InChI is InChI=1S/C17H18N4O/c1-20-9-3-7-15(20)16-8-4-10-21(16)17(22)19-14-6-2-5-13(11-14)12-18/h2-3,5-7,9,11,16H,4,8,10H2,1H3,(H,19,22)/t16-/m1/s1. The van der Waals surface area contributed by atoms with Crippen LogP contribution in [0.3, 0.4) is 0 Å². The van der Waals surface area contributed by atoms with Crippen molar-refractivity contribution in [2.75, 3.05) is 11.9 Å². The van der Waals surface area contributed by atoms with Gasteiger partial charge in [-0.25, -0.2) is 4.79 Å². The van der Waals surface area contributed by atoms with Crippen LogP contribution in [-0.4, -0.2) is 22.0 Å². The number of nitrogens with one attached hydrogen (secondary N) is 1. The molecule has 22 heavy (non-hydrogen) atoms. The van der Waals surface area contributed by atoms with Crippen LogP contribution in [0, 0.1) is 11.3 Å². The van der Waals surface area contributed by atoms with E-state index >= 15 is 0 Å². The number of urea groups is 1. The molecule has 5 nitrogen and oxygen atoms in total. The van der Waals surface area contributed by atoms with Gasteiger partial charge in [0.15, 0.2) is 0 Å². The predicted octanol–water partition coefficient (Wildman–Crippen LogP) is 3.27. The van der Waals surface area contributed by atoms with Crippen molar-refractivity contribution in [1.82, 2.24) is 9.47 Å². The molecule has 1 atom stereocenters. The number of carbonyl (C=O) groups is 1. The maximum Gasteiger partial charge on any atom is 0.322 e. The van der Waals surface area contributed by atoms with Crippen molar-refractivity contribution in [2.24, 2.45) is 7.05 Å². The summed E-state index contributed by atoms with van der Waals surface area (Å²) in [6.45, 7) is 0.750. The van der Waals surface area contributed by atoms with Crippen molar-refractivity contribution in [2.45, 2.75) is 18.9 Å². The lowest BCUT2D eigenvalue weighted by Gasteiger charge is -2.25. The summed E-state index contributed by atoms with van der Waals surface area (Å²) in [5, 5.41) is 11.8. The van der Waals surface area contributed by atoms with Crippen LogP contribution in [0.1, 0.15) is 30.1 Å². The summed E-state index contributed by atoms with van der Waals surface area (Å²) in [5.74, 6) is 0. The number of nitriles is 1. The van der Waals surface area contributed by atoms with Crippen molar-refractivity contribution >= 4 is 11.7 Å². The third-order valence-electron chi connectivity index (χ3n) is 4.08. The van der Waals surface area contributed by atoms with Crippen LogP contribution in [0.2, 0.25) is 0 Å². The number of amides is 2. The highest BCUT2D eigenvalue weighted by Crippen LogP contribution is 2.32. The van der Waals surface area contributed by atoms with E-state index in [9.17, 15) is 4.79 Å². The van der Waals surface area contributed by atoms with Gasteiger partial charge in [0.05, 0.1) is 17.7 Å². The molecule has 3 rings (SSSR count). The Hall–Kier alpha value is -2.74. The zero-order valence-electron chi connectivity index (χ0n) is 12.5. The summed E-state index contributed by atoms with van der Waals surface area (Å²) in [4.78, 5) is 14.4. The van der Waals surface area contributed by atoms with Crippen molar-refractivity contribution in [3.63, 3.8) is 0 Å². The number of benzene rings is 1. The molecule has 1 aliphatic rings. The number of aromatic nitrogens is 1. The monoisotopic (exact) mass is 294 g/mol. The average Bonchev–Trinajstić information content (AvgIpc) is 3.15. The molecule has 1 saturated heterocycles. The van der Waals surface area contributed by atoms with Crippen LogP contribution in [0.4, 0.5) is 10.5 Å². The maximum atomic E-state index is 12.6. The third-order valence-corrected chi connectivity index (χ3v) is 4.08. The van der Waals surface area contributed by atoms with Crippen LogP contribution in [0.5, 0.6) is 0 Å². The summed E-state index contributed by atoms with van der Waals surface area (Å²) in [5.41, 5.74) is 2.35. The molecule has 1 aromatic heterocycles. The molecular formula is C17H18N4O. The second-order valence-corrected chi connectivity index (χ2v) is 5.52. The van der Waals surface area contributed by atoms with Gasteiger partial charge >= 0.3 is 6.03 Å². The summed E-state index contributed by atoms with van der Waals surface area (Å²) in [7, 11) is 2.00. The first-order valence-corrected chi connectivity index (χ1v) is 7.38. The van der Waals surface area contributed by atoms with Gasteiger partial charge < -0.3 is 14.8 Å². The largest absolute Gasteiger partial charge is 0.353 e. The molecule has 1 fully saturated rings. The van der Waals surface area contributed by atoms with Crippen LogP contribution in [0.25, 0.3) is 0 Å². The topological polar surface area (TPSA) is 61.1 Å². The molecule has 0 bridgehead atoms. The van der Waals surface area contributed by atoms with Gasteiger partial charge in [-0.15, -0.1) is 0 Å². The van der Waals surface area contributed by atoms with Gasteiger partial charge in [-0.1, -0.05) is 6.07 Å². The number of carbonyl (C=O) groups excluding carboxylic acids is 1. The summed E-state index contributed by atoms with van der Waals surface area (Å²) < 4.78 is 2.06. The van der Waals surface area contributed by atoms with Crippen LogP contribution in [0.15, 0.2) is 42.6 Å². The number of rotatable bonds is 2. The second kappa shape index (κ2) is 5.94. The number of likely N-dealkylation sites (tertiary alicyclic amines) is 1. The van der Waals surface area contributed by atoms with Gasteiger partial charge in [-0.05, 0) is 43.2 Å². The minimum atomic E-state index is -0.112. The Bertz CT molecular complexity index is 728. The van der Waals surface area contributed by atoms with Crippen LogP contribution < -0.4 is 5.32 Å². The van der Waals surface area contributed by atoms with E-state index in [-0.39, 0.29) is 12.1 Å². The van der Waals surface area contributed by atoms with Crippen molar-refractivity contribution in [1.29, 1.82) is 5.26 Å². The molecule has 112 valence electrons. The number of hydrogen-bond donors (Lipinski definition) is 1. The fraction of sp³-hybridized carbons (Fsp3) is 0.294. The normalized spacial score (nSPS) is 17.3. The van der Waals surface area contributed by atoms with Crippen molar-refractivity contribution in [3.8, 4) is 6.07 Å². The highest BCUT2D eigenvalue weighted by Gasteiger charge is 2.31. The first kappa shape index (κ1) is 14.2. The molecule has 2 heterocycles. The van der Waals surface area contributed by atoms with E-state index in [4.69, 9.17) is 5.26 Å². The number of aryl methyl sites for hydroxylation is 1. The lowest BCUT2D eigenvalue weighted by molar-refractivity contribution is 0.205. The summed E-state index contributed by atoms with van der Waals surface area (Å²) >= 11 is 0. The molecular weight excluding hydrogens is 276 g/mol. The molecule has 2 amide bonds. The molecule has 1 aromatic carbocycles. The van der Waals surface area contributed by atoms with Crippen LogP contribution in [-0.2, 0) is 7.05 Å². The van der Waals surface area contributed by atoms with Gasteiger partial charge in [0, 0.05) is 31.2 Å².